The number of hydrogen-bond donors (Lipinski definition) is 1. The van der Waals surface area contributed by atoms with E-state index in [1.807, 2.05) is 6.92 Å². The third kappa shape index (κ3) is 1.74. The summed E-state index contributed by atoms with van der Waals surface area (Å²) in [6.07, 6.45) is 6.02. The van der Waals surface area contributed by atoms with Crippen LogP contribution in [0.5, 0.6) is 0 Å². The standard InChI is InChI=1S/C15H21N3/c1-11-17-13-10-12(6-7-14(13)18(11)2)15(16)8-4-3-5-9-15/h6-7,10H,3-5,8-9,16H2,1-2H3. The summed E-state index contributed by atoms with van der Waals surface area (Å²) < 4.78 is 2.13. The Bertz CT molecular complexity index is 577. The second kappa shape index (κ2) is 4.09. The molecule has 2 N–H and O–H groups in total. The van der Waals surface area contributed by atoms with E-state index in [0.29, 0.717) is 0 Å². The van der Waals surface area contributed by atoms with Crippen molar-refractivity contribution in [1.82, 2.24) is 9.55 Å². The van der Waals surface area contributed by atoms with Gasteiger partial charge in [-0.25, -0.2) is 4.98 Å². The molecular weight excluding hydrogens is 222 g/mol. The lowest BCUT2D eigenvalue weighted by Gasteiger charge is -2.33. The van der Waals surface area contributed by atoms with Crippen molar-refractivity contribution in [1.29, 1.82) is 0 Å². The molecule has 96 valence electrons. The maximum atomic E-state index is 6.58. The molecule has 1 aliphatic rings. The van der Waals surface area contributed by atoms with Crippen molar-refractivity contribution in [2.45, 2.75) is 44.6 Å². The molecular formula is C15H21N3. The van der Waals surface area contributed by atoms with E-state index in [-0.39, 0.29) is 5.54 Å². The van der Waals surface area contributed by atoms with E-state index >= 15 is 0 Å². The number of aryl methyl sites for hydroxylation is 2. The number of hydrogen-bond acceptors (Lipinski definition) is 2. The minimum absolute atomic E-state index is 0.127. The summed E-state index contributed by atoms with van der Waals surface area (Å²) in [6.45, 7) is 2.04. The molecule has 3 rings (SSSR count). The normalized spacial score (nSPS) is 19.3. The minimum Gasteiger partial charge on any atom is -0.331 e. The predicted molar refractivity (Wildman–Crippen MR) is 74.4 cm³/mol. The van der Waals surface area contributed by atoms with Gasteiger partial charge in [0.15, 0.2) is 0 Å². The van der Waals surface area contributed by atoms with Gasteiger partial charge in [0, 0.05) is 12.6 Å². The first kappa shape index (κ1) is 11.7. The van der Waals surface area contributed by atoms with Crippen molar-refractivity contribution in [3.8, 4) is 0 Å². The van der Waals surface area contributed by atoms with Gasteiger partial charge < -0.3 is 10.3 Å². The highest BCUT2D eigenvalue weighted by molar-refractivity contribution is 5.77. The number of nitrogens with two attached hydrogens (primary N) is 1. The third-order valence-corrected chi connectivity index (χ3v) is 4.43. The number of aromatic nitrogens is 2. The Morgan fingerprint density at radius 2 is 1.94 bits per heavy atom. The molecule has 0 atom stereocenters. The van der Waals surface area contributed by atoms with E-state index in [9.17, 15) is 0 Å². The van der Waals surface area contributed by atoms with E-state index < -0.39 is 0 Å². The summed E-state index contributed by atoms with van der Waals surface area (Å²) in [5.41, 5.74) is 9.97. The molecule has 0 spiro atoms. The van der Waals surface area contributed by atoms with Crippen molar-refractivity contribution < 1.29 is 0 Å². The van der Waals surface area contributed by atoms with Gasteiger partial charge in [-0.2, -0.15) is 0 Å². The summed E-state index contributed by atoms with van der Waals surface area (Å²) >= 11 is 0. The Kier molecular flexibility index (Phi) is 2.67. The molecule has 0 unspecified atom stereocenters. The van der Waals surface area contributed by atoms with Gasteiger partial charge in [-0.15, -0.1) is 0 Å². The monoisotopic (exact) mass is 243 g/mol. The number of nitrogens with zero attached hydrogens (tertiary/aromatic N) is 2. The van der Waals surface area contributed by atoms with Crippen molar-refractivity contribution in [2.75, 3.05) is 0 Å². The number of fused-ring (bicyclic) bond motifs is 1. The highest BCUT2D eigenvalue weighted by atomic mass is 15.0. The number of benzene rings is 1. The zero-order valence-electron chi connectivity index (χ0n) is 11.2. The molecule has 3 nitrogen and oxygen atoms in total. The molecule has 0 saturated heterocycles. The molecule has 1 saturated carbocycles. The maximum Gasteiger partial charge on any atom is 0.106 e. The second-order valence-corrected chi connectivity index (χ2v) is 5.64. The Morgan fingerprint density at radius 3 is 2.67 bits per heavy atom. The Hall–Kier alpha value is -1.35. The van der Waals surface area contributed by atoms with Crippen LogP contribution in [0.1, 0.15) is 43.5 Å². The molecule has 1 fully saturated rings. The van der Waals surface area contributed by atoms with Gasteiger partial charge in [0.05, 0.1) is 11.0 Å². The predicted octanol–water partition coefficient (Wildman–Crippen LogP) is 3.00. The molecule has 1 aliphatic carbocycles. The highest BCUT2D eigenvalue weighted by Crippen LogP contribution is 2.35. The third-order valence-electron chi connectivity index (χ3n) is 4.43. The van der Waals surface area contributed by atoms with Crippen LogP contribution in [0.2, 0.25) is 0 Å². The number of imidazole rings is 1. The zero-order valence-corrected chi connectivity index (χ0v) is 11.2. The Balaban J connectivity index is 2.07. The Labute approximate surface area is 108 Å². The van der Waals surface area contributed by atoms with Crippen LogP contribution in [0.15, 0.2) is 18.2 Å². The summed E-state index contributed by atoms with van der Waals surface area (Å²) in [6, 6.07) is 6.54. The van der Waals surface area contributed by atoms with E-state index in [1.165, 1.54) is 30.3 Å². The van der Waals surface area contributed by atoms with Crippen molar-refractivity contribution >= 4 is 11.0 Å². The molecule has 1 aromatic heterocycles. The highest BCUT2D eigenvalue weighted by Gasteiger charge is 2.29. The van der Waals surface area contributed by atoms with Crippen molar-refractivity contribution in [3.63, 3.8) is 0 Å². The van der Waals surface area contributed by atoms with Gasteiger partial charge in [0.1, 0.15) is 5.82 Å². The fraction of sp³-hybridized carbons (Fsp3) is 0.533. The van der Waals surface area contributed by atoms with Crippen LogP contribution in [0.3, 0.4) is 0 Å². The summed E-state index contributed by atoms with van der Waals surface area (Å²) in [5.74, 6) is 1.05. The van der Waals surface area contributed by atoms with Crippen molar-refractivity contribution in [2.24, 2.45) is 12.8 Å². The van der Waals surface area contributed by atoms with Crippen LogP contribution >= 0.6 is 0 Å². The average Bonchev–Trinajstić information content (AvgIpc) is 2.66. The molecule has 1 aromatic carbocycles. The molecule has 0 bridgehead atoms. The molecule has 1 heterocycles. The van der Waals surface area contributed by atoms with Crippen molar-refractivity contribution in [3.05, 3.63) is 29.6 Å². The fourth-order valence-electron chi connectivity index (χ4n) is 3.10. The van der Waals surface area contributed by atoms with Gasteiger partial charge in [0.25, 0.3) is 0 Å². The van der Waals surface area contributed by atoms with Crippen LogP contribution in [0.4, 0.5) is 0 Å². The lowest BCUT2D eigenvalue weighted by Crippen LogP contribution is -2.38. The van der Waals surface area contributed by atoms with E-state index in [1.54, 1.807) is 0 Å². The molecule has 2 aromatic rings. The van der Waals surface area contributed by atoms with Crippen LogP contribution in [-0.4, -0.2) is 9.55 Å². The fourth-order valence-corrected chi connectivity index (χ4v) is 3.10. The first-order valence-corrected chi connectivity index (χ1v) is 6.83. The first-order valence-electron chi connectivity index (χ1n) is 6.83. The van der Waals surface area contributed by atoms with Crippen LogP contribution in [0, 0.1) is 6.92 Å². The summed E-state index contributed by atoms with van der Waals surface area (Å²) in [4.78, 5) is 4.61. The molecule has 18 heavy (non-hydrogen) atoms. The minimum atomic E-state index is -0.127. The van der Waals surface area contributed by atoms with Crippen LogP contribution < -0.4 is 5.73 Å². The average molecular weight is 243 g/mol. The number of rotatable bonds is 1. The first-order chi connectivity index (χ1) is 8.60. The molecule has 3 heteroatoms. The molecule has 0 radical (unpaired) electrons. The zero-order chi connectivity index (χ0) is 12.8. The van der Waals surface area contributed by atoms with Gasteiger partial charge >= 0.3 is 0 Å². The van der Waals surface area contributed by atoms with Gasteiger partial charge in [-0.3, -0.25) is 0 Å². The quantitative estimate of drug-likeness (QED) is 0.836. The van der Waals surface area contributed by atoms with E-state index in [4.69, 9.17) is 5.73 Å². The Morgan fingerprint density at radius 1 is 1.22 bits per heavy atom. The lowest BCUT2D eigenvalue weighted by atomic mass is 9.77. The largest absolute Gasteiger partial charge is 0.331 e. The van der Waals surface area contributed by atoms with Crippen LogP contribution in [0.25, 0.3) is 11.0 Å². The molecule has 0 amide bonds. The van der Waals surface area contributed by atoms with E-state index in [2.05, 4.69) is 34.8 Å². The topological polar surface area (TPSA) is 43.8 Å². The summed E-state index contributed by atoms with van der Waals surface area (Å²) in [7, 11) is 2.06. The maximum absolute atomic E-state index is 6.58. The molecule has 0 aliphatic heterocycles. The van der Waals surface area contributed by atoms with Gasteiger partial charge in [-0.05, 0) is 37.5 Å². The van der Waals surface area contributed by atoms with Gasteiger partial charge in [0.2, 0.25) is 0 Å². The summed E-state index contributed by atoms with van der Waals surface area (Å²) in [5, 5.41) is 0. The van der Waals surface area contributed by atoms with Gasteiger partial charge in [-0.1, -0.05) is 25.3 Å². The van der Waals surface area contributed by atoms with Crippen LogP contribution in [-0.2, 0) is 12.6 Å². The van der Waals surface area contributed by atoms with E-state index in [0.717, 1.165) is 24.2 Å². The lowest BCUT2D eigenvalue weighted by molar-refractivity contribution is 0.302. The second-order valence-electron chi connectivity index (χ2n) is 5.64. The SMILES string of the molecule is Cc1nc2cc(C3(N)CCCCC3)ccc2n1C. The smallest absolute Gasteiger partial charge is 0.106 e.